The maximum Gasteiger partial charge on any atom is 0.224 e. The molecule has 0 bridgehead atoms. The fourth-order valence-corrected chi connectivity index (χ4v) is 1.83. The first-order chi connectivity index (χ1) is 8.22. The zero-order valence-electron chi connectivity index (χ0n) is 9.70. The molecule has 86 valence electrons. The van der Waals surface area contributed by atoms with E-state index in [1.54, 1.807) is 0 Å². The molecule has 2 rings (SSSR count). The zero-order valence-corrected chi connectivity index (χ0v) is 10.5. The van der Waals surface area contributed by atoms with Crippen LogP contribution in [-0.4, -0.2) is 24.4 Å². The number of hydrogen-bond donors (Lipinski definition) is 1. The number of benzene rings is 1. The van der Waals surface area contributed by atoms with Gasteiger partial charge in [0, 0.05) is 11.9 Å². The topological polar surface area (TPSA) is 37.8 Å². The summed E-state index contributed by atoms with van der Waals surface area (Å²) in [5.74, 6) is 0.751. The van der Waals surface area contributed by atoms with Crippen LogP contribution >= 0.6 is 11.6 Å². The van der Waals surface area contributed by atoms with E-state index in [1.807, 2.05) is 18.2 Å². The van der Waals surface area contributed by atoms with Crippen molar-refractivity contribution in [3.63, 3.8) is 0 Å². The Bertz CT molecular complexity index is 530. The number of rotatable bonds is 4. The van der Waals surface area contributed by atoms with Crippen molar-refractivity contribution in [3.05, 3.63) is 23.5 Å². The second-order valence-corrected chi connectivity index (χ2v) is 4.20. The quantitative estimate of drug-likeness (QED) is 0.510. The average molecular weight is 246 g/mol. The van der Waals surface area contributed by atoms with Crippen LogP contribution < -0.4 is 10.8 Å². The molecule has 0 aliphatic heterocycles. The molecular weight excluding hydrogens is 232 g/mol. The number of nitrogens with one attached hydrogen (secondary N) is 1. The molecule has 5 heteroatoms. The lowest BCUT2D eigenvalue weighted by Gasteiger charge is -2.09. The summed E-state index contributed by atoms with van der Waals surface area (Å²) >= 11 is 5.89. The Balaban J connectivity index is 2.43. The molecule has 0 amide bonds. The highest BCUT2D eigenvalue weighted by Crippen LogP contribution is 2.20. The van der Waals surface area contributed by atoms with Gasteiger partial charge in [-0.15, -0.1) is 0 Å². The van der Waals surface area contributed by atoms with Crippen LogP contribution in [0.1, 0.15) is 19.8 Å². The highest BCUT2D eigenvalue weighted by atomic mass is 35.5. The molecule has 0 saturated carbocycles. The van der Waals surface area contributed by atoms with Gasteiger partial charge in [-0.3, -0.25) is 0 Å². The Kier molecular flexibility index (Phi) is 3.84. The first-order valence-corrected chi connectivity index (χ1v) is 6.05. The van der Waals surface area contributed by atoms with Crippen molar-refractivity contribution in [1.82, 2.24) is 9.97 Å². The number of aromatic nitrogens is 2. The van der Waals surface area contributed by atoms with E-state index >= 15 is 0 Å². The zero-order chi connectivity index (χ0) is 12.3. The van der Waals surface area contributed by atoms with Gasteiger partial charge in [0.25, 0.3) is 0 Å². The van der Waals surface area contributed by atoms with Crippen LogP contribution in [0.2, 0.25) is 5.28 Å². The van der Waals surface area contributed by atoms with Gasteiger partial charge in [0.2, 0.25) is 5.28 Å². The van der Waals surface area contributed by atoms with Gasteiger partial charge in [-0.2, -0.15) is 0 Å². The van der Waals surface area contributed by atoms with Crippen LogP contribution in [0.15, 0.2) is 18.2 Å². The second-order valence-electron chi connectivity index (χ2n) is 3.86. The minimum Gasteiger partial charge on any atom is -0.369 e. The van der Waals surface area contributed by atoms with Crippen molar-refractivity contribution in [2.45, 2.75) is 19.8 Å². The van der Waals surface area contributed by atoms with Gasteiger partial charge in [0.1, 0.15) is 13.7 Å². The summed E-state index contributed by atoms with van der Waals surface area (Å²) in [6, 6.07) is 5.64. The fourth-order valence-electron chi connectivity index (χ4n) is 1.67. The van der Waals surface area contributed by atoms with Gasteiger partial charge in [-0.1, -0.05) is 30.9 Å². The molecule has 0 spiro atoms. The Morgan fingerprint density at radius 3 is 2.94 bits per heavy atom. The minimum atomic E-state index is 0.217. The van der Waals surface area contributed by atoms with E-state index in [9.17, 15) is 0 Å². The smallest absolute Gasteiger partial charge is 0.224 e. The number of fused-ring (bicyclic) bond motifs is 1. The van der Waals surface area contributed by atoms with E-state index < -0.39 is 0 Å². The highest BCUT2D eigenvalue weighted by molar-refractivity contribution is 6.39. The summed E-state index contributed by atoms with van der Waals surface area (Å²) in [6.07, 6.45) is 2.22. The number of hydrogen-bond acceptors (Lipinski definition) is 3. The summed E-state index contributed by atoms with van der Waals surface area (Å²) in [4.78, 5) is 8.36. The van der Waals surface area contributed by atoms with Crippen LogP contribution in [0.3, 0.4) is 0 Å². The summed E-state index contributed by atoms with van der Waals surface area (Å²) in [5, 5.41) is 4.39. The van der Waals surface area contributed by atoms with Crippen molar-refractivity contribution >= 4 is 41.6 Å². The minimum absolute atomic E-state index is 0.217. The lowest BCUT2D eigenvalue weighted by Crippen LogP contribution is -2.09. The number of anilines is 1. The molecule has 0 fully saturated rings. The third kappa shape index (κ3) is 2.69. The molecule has 17 heavy (non-hydrogen) atoms. The van der Waals surface area contributed by atoms with Gasteiger partial charge in [-0.25, -0.2) is 9.97 Å². The molecule has 0 saturated heterocycles. The molecule has 0 aliphatic rings. The first kappa shape index (κ1) is 12.2. The summed E-state index contributed by atoms with van der Waals surface area (Å²) in [7, 11) is 5.87. The summed E-state index contributed by atoms with van der Waals surface area (Å²) < 4.78 is 0. The monoisotopic (exact) mass is 245 g/mol. The van der Waals surface area contributed by atoms with Crippen molar-refractivity contribution in [3.8, 4) is 0 Å². The highest BCUT2D eigenvalue weighted by Gasteiger charge is 2.07. The van der Waals surface area contributed by atoms with E-state index in [0.29, 0.717) is 11.0 Å². The lowest BCUT2D eigenvalue weighted by molar-refractivity contribution is 0.831. The Hall–Kier alpha value is -1.29. The van der Waals surface area contributed by atoms with Crippen LogP contribution in [0.5, 0.6) is 0 Å². The Labute approximate surface area is 107 Å². The van der Waals surface area contributed by atoms with Gasteiger partial charge in [0.15, 0.2) is 0 Å². The van der Waals surface area contributed by atoms with Gasteiger partial charge < -0.3 is 5.32 Å². The Morgan fingerprint density at radius 1 is 1.35 bits per heavy atom. The van der Waals surface area contributed by atoms with E-state index in [1.165, 1.54) is 0 Å². The van der Waals surface area contributed by atoms with Crippen LogP contribution in [-0.2, 0) is 0 Å². The summed E-state index contributed by atoms with van der Waals surface area (Å²) in [6.45, 7) is 3.01. The molecular formula is C12H13BClN3. The third-order valence-corrected chi connectivity index (χ3v) is 2.72. The predicted octanol–water partition coefficient (Wildman–Crippen LogP) is 2.29. The molecule has 1 aromatic carbocycles. The lowest BCUT2D eigenvalue weighted by atomic mass is 9.93. The molecule has 1 heterocycles. The van der Waals surface area contributed by atoms with E-state index in [2.05, 4.69) is 22.2 Å². The largest absolute Gasteiger partial charge is 0.369 e. The molecule has 1 aromatic heterocycles. The standard InChI is InChI=1S/C12H13BClN3/c1-2-3-7-15-11-8-5-4-6-9(13)10(8)16-12(14)17-11/h4-6H,2-3,7H2,1H3,(H,15,16,17). The number of nitrogens with zero attached hydrogens (tertiary/aromatic N) is 2. The van der Waals surface area contributed by atoms with E-state index in [0.717, 1.165) is 30.6 Å². The summed E-state index contributed by atoms with van der Waals surface area (Å²) in [5.41, 5.74) is 1.32. The van der Waals surface area contributed by atoms with Crippen LogP contribution in [0, 0.1) is 0 Å². The van der Waals surface area contributed by atoms with Crippen molar-refractivity contribution in [2.75, 3.05) is 11.9 Å². The van der Waals surface area contributed by atoms with Crippen molar-refractivity contribution in [1.29, 1.82) is 0 Å². The normalized spacial score (nSPS) is 10.7. The van der Waals surface area contributed by atoms with Gasteiger partial charge in [0.05, 0.1) is 5.52 Å². The molecule has 0 unspecified atom stereocenters. The Morgan fingerprint density at radius 2 is 2.18 bits per heavy atom. The molecule has 0 atom stereocenters. The number of unbranched alkanes of at least 4 members (excludes halogenated alkanes) is 1. The maximum atomic E-state index is 5.89. The SMILES string of the molecule is [B]c1cccc2c(NCCCC)nc(Cl)nc12. The van der Waals surface area contributed by atoms with E-state index in [4.69, 9.17) is 19.4 Å². The third-order valence-electron chi connectivity index (χ3n) is 2.55. The first-order valence-electron chi connectivity index (χ1n) is 5.68. The molecule has 2 radical (unpaired) electrons. The second kappa shape index (κ2) is 5.36. The number of para-hydroxylation sites is 1. The predicted molar refractivity (Wildman–Crippen MR) is 73.3 cm³/mol. The maximum absolute atomic E-state index is 5.89. The molecule has 2 aromatic rings. The van der Waals surface area contributed by atoms with Gasteiger partial charge in [-0.05, 0) is 24.1 Å². The van der Waals surface area contributed by atoms with Gasteiger partial charge >= 0.3 is 0 Å². The van der Waals surface area contributed by atoms with Crippen molar-refractivity contribution < 1.29 is 0 Å². The van der Waals surface area contributed by atoms with E-state index in [-0.39, 0.29) is 5.28 Å². The average Bonchev–Trinajstić information content (AvgIpc) is 2.31. The molecule has 0 aliphatic carbocycles. The van der Waals surface area contributed by atoms with Crippen LogP contribution in [0.4, 0.5) is 5.82 Å². The molecule has 1 N–H and O–H groups in total. The van der Waals surface area contributed by atoms with Crippen molar-refractivity contribution in [2.24, 2.45) is 0 Å². The fraction of sp³-hybridized carbons (Fsp3) is 0.333. The number of halogens is 1. The van der Waals surface area contributed by atoms with Crippen LogP contribution in [0.25, 0.3) is 10.9 Å². The molecule has 3 nitrogen and oxygen atoms in total.